The van der Waals surface area contributed by atoms with Gasteiger partial charge in [0.25, 0.3) is 0 Å². The van der Waals surface area contributed by atoms with Gasteiger partial charge in [0.1, 0.15) is 0 Å². The molecule has 198 valence electrons. The summed E-state index contributed by atoms with van der Waals surface area (Å²) in [5.41, 5.74) is 8.89. The van der Waals surface area contributed by atoms with Crippen molar-refractivity contribution < 1.29 is 0 Å². The van der Waals surface area contributed by atoms with Gasteiger partial charge in [0, 0.05) is 0 Å². The quantitative estimate of drug-likeness (QED) is 0.224. The molecular formula is C38H46. The van der Waals surface area contributed by atoms with E-state index in [2.05, 4.69) is 126 Å². The number of hydrogen-bond acceptors (Lipinski definition) is 0. The Morgan fingerprint density at radius 3 is 1.21 bits per heavy atom. The SMILES string of the molecule is C[C@@H]1CCCC[C@@H]1C.C[C@@H]1c2cccc3cccc(c23)[C@@H]1C.C[C@@H]1c2ccccc2-c2ccccc2[C@@H]1C. The lowest BCUT2D eigenvalue weighted by molar-refractivity contribution is 0.277. The van der Waals surface area contributed by atoms with Crippen molar-refractivity contribution in [1.29, 1.82) is 0 Å². The predicted molar refractivity (Wildman–Crippen MR) is 166 cm³/mol. The monoisotopic (exact) mass is 502 g/mol. The molecule has 0 amide bonds. The molecule has 6 atom stereocenters. The highest BCUT2D eigenvalue weighted by Crippen LogP contribution is 2.47. The van der Waals surface area contributed by atoms with Crippen LogP contribution in [0.15, 0.2) is 84.9 Å². The van der Waals surface area contributed by atoms with Crippen LogP contribution >= 0.6 is 0 Å². The van der Waals surface area contributed by atoms with Gasteiger partial charge in [-0.1, -0.05) is 152 Å². The van der Waals surface area contributed by atoms with Crippen LogP contribution in [-0.2, 0) is 0 Å². The van der Waals surface area contributed by atoms with E-state index in [0.29, 0.717) is 23.7 Å². The third kappa shape index (κ3) is 5.07. The topological polar surface area (TPSA) is 0 Å². The molecular weight excluding hydrogens is 456 g/mol. The number of rotatable bonds is 0. The van der Waals surface area contributed by atoms with Crippen LogP contribution in [-0.4, -0.2) is 0 Å². The summed E-state index contributed by atoms with van der Waals surface area (Å²) < 4.78 is 0. The van der Waals surface area contributed by atoms with E-state index in [9.17, 15) is 0 Å². The molecule has 4 aromatic carbocycles. The van der Waals surface area contributed by atoms with Crippen LogP contribution in [0.1, 0.15) is 113 Å². The zero-order chi connectivity index (χ0) is 26.8. The fourth-order valence-electron chi connectivity index (χ4n) is 7.02. The normalized spacial score (nSPS) is 26.8. The van der Waals surface area contributed by atoms with Gasteiger partial charge in [0.2, 0.25) is 0 Å². The second-order valence-electron chi connectivity index (χ2n) is 12.4. The fraction of sp³-hybridized carbons (Fsp3) is 0.421. The largest absolute Gasteiger partial charge is 0.0623 e. The molecule has 0 heterocycles. The number of benzene rings is 4. The Labute approximate surface area is 231 Å². The van der Waals surface area contributed by atoms with Crippen molar-refractivity contribution in [1.82, 2.24) is 0 Å². The Kier molecular flexibility index (Phi) is 8.08. The summed E-state index contributed by atoms with van der Waals surface area (Å²) in [5, 5.41) is 2.91. The van der Waals surface area contributed by atoms with Gasteiger partial charge in [-0.15, -0.1) is 0 Å². The summed E-state index contributed by atoms with van der Waals surface area (Å²) in [6, 6.07) is 30.9. The number of hydrogen-bond donors (Lipinski definition) is 0. The molecule has 0 N–H and O–H groups in total. The van der Waals surface area contributed by atoms with Crippen LogP contribution in [0.25, 0.3) is 21.9 Å². The van der Waals surface area contributed by atoms with Crippen molar-refractivity contribution in [3.05, 3.63) is 107 Å². The fourth-order valence-corrected chi connectivity index (χ4v) is 7.02. The molecule has 0 aliphatic heterocycles. The maximum Gasteiger partial charge on any atom is -0.0114 e. The van der Waals surface area contributed by atoms with E-state index in [-0.39, 0.29) is 0 Å². The van der Waals surface area contributed by atoms with E-state index >= 15 is 0 Å². The summed E-state index contributed by atoms with van der Waals surface area (Å²) >= 11 is 0. The Morgan fingerprint density at radius 1 is 0.421 bits per heavy atom. The van der Waals surface area contributed by atoms with Gasteiger partial charge >= 0.3 is 0 Å². The van der Waals surface area contributed by atoms with Crippen molar-refractivity contribution in [2.24, 2.45) is 11.8 Å². The van der Waals surface area contributed by atoms with E-state index in [1.54, 1.807) is 0 Å². The summed E-state index contributed by atoms with van der Waals surface area (Å²) in [5.74, 6) is 4.59. The highest BCUT2D eigenvalue weighted by molar-refractivity contribution is 5.92. The van der Waals surface area contributed by atoms with E-state index in [1.165, 1.54) is 69.8 Å². The zero-order valence-electron chi connectivity index (χ0n) is 24.4. The predicted octanol–water partition coefficient (Wildman–Crippen LogP) is 11.5. The van der Waals surface area contributed by atoms with Crippen LogP contribution in [0.5, 0.6) is 0 Å². The summed E-state index contributed by atoms with van der Waals surface area (Å²) in [4.78, 5) is 0. The molecule has 0 radical (unpaired) electrons. The lowest BCUT2D eigenvalue weighted by Gasteiger charge is -2.31. The van der Waals surface area contributed by atoms with Gasteiger partial charge in [-0.2, -0.15) is 0 Å². The minimum Gasteiger partial charge on any atom is -0.0623 e. The maximum atomic E-state index is 2.38. The average molecular weight is 503 g/mol. The van der Waals surface area contributed by atoms with Gasteiger partial charge in [-0.05, 0) is 79.7 Å². The molecule has 4 aromatic rings. The molecule has 7 rings (SSSR count). The molecule has 3 aliphatic carbocycles. The van der Waals surface area contributed by atoms with E-state index < -0.39 is 0 Å². The van der Waals surface area contributed by atoms with Crippen molar-refractivity contribution in [2.45, 2.75) is 90.9 Å². The van der Waals surface area contributed by atoms with Crippen LogP contribution in [0, 0.1) is 11.8 Å². The maximum absolute atomic E-state index is 2.38. The third-order valence-corrected chi connectivity index (χ3v) is 10.2. The van der Waals surface area contributed by atoms with Crippen LogP contribution in [0.2, 0.25) is 0 Å². The van der Waals surface area contributed by atoms with Crippen molar-refractivity contribution >= 4 is 10.8 Å². The first-order valence-electron chi connectivity index (χ1n) is 15.1. The summed E-state index contributed by atoms with van der Waals surface area (Å²) in [7, 11) is 0. The van der Waals surface area contributed by atoms with Crippen LogP contribution in [0.3, 0.4) is 0 Å². The van der Waals surface area contributed by atoms with Crippen molar-refractivity contribution in [3.63, 3.8) is 0 Å². The summed E-state index contributed by atoms with van der Waals surface area (Å²) in [6.45, 7) is 14.1. The molecule has 0 nitrogen and oxygen atoms in total. The molecule has 38 heavy (non-hydrogen) atoms. The minimum atomic E-state index is 0.617. The van der Waals surface area contributed by atoms with E-state index in [0.717, 1.165) is 11.8 Å². The Bertz CT molecular complexity index is 1280. The third-order valence-electron chi connectivity index (χ3n) is 10.2. The van der Waals surface area contributed by atoms with E-state index in [1.807, 2.05) is 0 Å². The van der Waals surface area contributed by atoms with Crippen molar-refractivity contribution in [3.8, 4) is 11.1 Å². The Hall–Kier alpha value is -2.86. The molecule has 0 aromatic heterocycles. The lowest BCUT2D eigenvalue weighted by atomic mass is 9.73. The Morgan fingerprint density at radius 2 is 0.789 bits per heavy atom. The van der Waals surface area contributed by atoms with Crippen LogP contribution in [0.4, 0.5) is 0 Å². The molecule has 0 saturated heterocycles. The van der Waals surface area contributed by atoms with E-state index in [4.69, 9.17) is 0 Å². The molecule has 1 saturated carbocycles. The highest BCUT2D eigenvalue weighted by atomic mass is 14.3. The zero-order valence-corrected chi connectivity index (χ0v) is 24.4. The Balaban J connectivity index is 0.000000123. The van der Waals surface area contributed by atoms with Gasteiger partial charge in [-0.25, -0.2) is 0 Å². The van der Waals surface area contributed by atoms with Gasteiger partial charge in [0.15, 0.2) is 0 Å². The molecule has 0 heteroatoms. The number of fused-ring (bicyclic) bond motifs is 3. The van der Waals surface area contributed by atoms with Crippen molar-refractivity contribution in [2.75, 3.05) is 0 Å². The smallest absolute Gasteiger partial charge is 0.0114 e. The average Bonchev–Trinajstić information content (AvgIpc) is 3.21. The lowest BCUT2D eigenvalue weighted by Crippen LogP contribution is -2.12. The molecule has 1 fully saturated rings. The van der Waals surface area contributed by atoms with Gasteiger partial charge in [0.05, 0.1) is 0 Å². The first-order valence-corrected chi connectivity index (χ1v) is 15.1. The molecule has 3 aliphatic rings. The van der Waals surface area contributed by atoms with Gasteiger partial charge in [-0.3, -0.25) is 0 Å². The molecule has 0 bridgehead atoms. The van der Waals surface area contributed by atoms with Crippen LogP contribution < -0.4 is 0 Å². The standard InChI is InChI=1S/C16H16.C14H14.C8H16/c1-11-12(2)14-8-4-6-10-16(14)15-9-5-3-7-13(11)15;1-9-10(2)13-8-4-6-11-5-3-7-12(9)14(11)13;1-7-5-3-4-6-8(7)2/h3-12H,1-2H3;3-10H,1-2H3;7-8H,3-6H2,1-2H3/t11-,12+;9-,10+;7-,8+. The highest BCUT2D eigenvalue weighted by Gasteiger charge is 2.28. The first-order chi connectivity index (χ1) is 18.4. The van der Waals surface area contributed by atoms with Gasteiger partial charge < -0.3 is 0 Å². The molecule has 0 spiro atoms. The molecule has 0 unspecified atom stereocenters. The second-order valence-corrected chi connectivity index (χ2v) is 12.4. The summed E-state index contributed by atoms with van der Waals surface area (Å²) in [6.07, 6.45) is 5.90. The second kappa shape index (κ2) is 11.5. The minimum absolute atomic E-state index is 0.617. The first kappa shape index (κ1) is 26.7.